The molecule has 0 amide bonds. The van der Waals surface area contributed by atoms with Gasteiger partial charge in [-0.2, -0.15) is 0 Å². The number of hydrogen-bond donors (Lipinski definition) is 0. The van der Waals surface area contributed by atoms with Crippen molar-refractivity contribution in [3.8, 4) is 0 Å². The van der Waals surface area contributed by atoms with Crippen LogP contribution in [0.4, 0.5) is 5.69 Å². The highest BCUT2D eigenvalue weighted by Crippen LogP contribution is 2.21. The van der Waals surface area contributed by atoms with Crippen molar-refractivity contribution in [3.05, 3.63) is 62.3 Å². The van der Waals surface area contributed by atoms with Crippen LogP contribution in [0.1, 0.15) is 31.0 Å². The Hall–Kier alpha value is -2.37. The normalized spacial score (nSPS) is 11.0. The van der Waals surface area contributed by atoms with Gasteiger partial charge >= 0.3 is 5.69 Å². The molecule has 0 radical (unpaired) electrons. The molecule has 106 valence electrons. The van der Waals surface area contributed by atoms with Gasteiger partial charge in [-0.05, 0) is 26.3 Å². The molecule has 0 atom stereocenters. The molecule has 1 aromatic heterocycles. The Labute approximate surface area is 116 Å². The minimum absolute atomic E-state index is 0.0823. The summed E-state index contributed by atoms with van der Waals surface area (Å²) in [5, 5.41) is 10.9. The highest BCUT2D eigenvalue weighted by Gasteiger charge is 2.14. The molecule has 0 fully saturated rings. The van der Waals surface area contributed by atoms with Crippen molar-refractivity contribution in [2.24, 2.45) is 0 Å². The van der Waals surface area contributed by atoms with E-state index in [-0.39, 0.29) is 17.4 Å². The lowest BCUT2D eigenvalue weighted by Gasteiger charge is -2.07. The third kappa shape index (κ3) is 2.49. The lowest BCUT2D eigenvalue weighted by atomic mass is 10.1. The van der Waals surface area contributed by atoms with E-state index < -0.39 is 4.92 Å². The second-order valence-corrected chi connectivity index (χ2v) is 5.03. The number of nitrogens with zero attached hydrogens (tertiary/aromatic N) is 3. The standard InChI is InChI=1S/C14H17N3O3/c1-10(2)16-8-7-15(14(16)18)9-12-5-4-6-13(11(12)3)17(19)20/h4-8,10H,9H2,1-3H3. The van der Waals surface area contributed by atoms with Crippen molar-refractivity contribution < 1.29 is 4.92 Å². The van der Waals surface area contributed by atoms with Crippen LogP contribution >= 0.6 is 0 Å². The number of rotatable bonds is 4. The highest BCUT2D eigenvalue weighted by molar-refractivity contribution is 5.44. The van der Waals surface area contributed by atoms with Crippen molar-refractivity contribution in [2.45, 2.75) is 33.4 Å². The van der Waals surface area contributed by atoms with Crippen LogP contribution in [0.5, 0.6) is 0 Å². The molecule has 0 aliphatic heterocycles. The van der Waals surface area contributed by atoms with Crippen LogP contribution in [0.25, 0.3) is 0 Å². The van der Waals surface area contributed by atoms with E-state index in [1.807, 2.05) is 19.9 Å². The summed E-state index contributed by atoms with van der Waals surface area (Å²) in [4.78, 5) is 22.7. The van der Waals surface area contributed by atoms with Gasteiger partial charge in [0.25, 0.3) is 5.69 Å². The summed E-state index contributed by atoms with van der Waals surface area (Å²) in [7, 11) is 0. The summed E-state index contributed by atoms with van der Waals surface area (Å²) in [6.45, 7) is 5.92. The lowest BCUT2D eigenvalue weighted by Crippen LogP contribution is -2.25. The zero-order valence-electron chi connectivity index (χ0n) is 11.7. The molecule has 0 saturated heterocycles. The van der Waals surface area contributed by atoms with Crippen molar-refractivity contribution >= 4 is 5.69 Å². The molecule has 0 bridgehead atoms. The monoisotopic (exact) mass is 275 g/mol. The van der Waals surface area contributed by atoms with Crippen LogP contribution < -0.4 is 5.69 Å². The van der Waals surface area contributed by atoms with Gasteiger partial charge in [0, 0.05) is 30.1 Å². The molecule has 1 heterocycles. The molecular weight excluding hydrogens is 258 g/mol. The maximum absolute atomic E-state index is 12.1. The zero-order valence-corrected chi connectivity index (χ0v) is 11.7. The first-order valence-electron chi connectivity index (χ1n) is 6.42. The largest absolute Gasteiger partial charge is 0.328 e. The minimum atomic E-state index is -0.402. The number of imidazole rings is 1. The van der Waals surface area contributed by atoms with Gasteiger partial charge in [0.15, 0.2) is 0 Å². The van der Waals surface area contributed by atoms with E-state index in [1.54, 1.807) is 34.5 Å². The topological polar surface area (TPSA) is 70.1 Å². The average Bonchev–Trinajstić information content (AvgIpc) is 2.73. The molecule has 0 saturated carbocycles. The third-order valence-electron chi connectivity index (χ3n) is 3.38. The Morgan fingerprint density at radius 3 is 2.55 bits per heavy atom. The van der Waals surface area contributed by atoms with Gasteiger partial charge in [0.1, 0.15) is 0 Å². The van der Waals surface area contributed by atoms with Gasteiger partial charge < -0.3 is 0 Å². The third-order valence-corrected chi connectivity index (χ3v) is 3.38. The van der Waals surface area contributed by atoms with Crippen LogP contribution in [0.2, 0.25) is 0 Å². The first-order chi connectivity index (χ1) is 9.41. The molecule has 0 unspecified atom stereocenters. The zero-order chi connectivity index (χ0) is 14.9. The fourth-order valence-corrected chi connectivity index (χ4v) is 2.16. The van der Waals surface area contributed by atoms with Crippen molar-refractivity contribution in [2.75, 3.05) is 0 Å². The summed E-state index contributed by atoms with van der Waals surface area (Å²) in [6.07, 6.45) is 3.44. The van der Waals surface area contributed by atoms with Crippen molar-refractivity contribution in [1.82, 2.24) is 9.13 Å². The first-order valence-corrected chi connectivity index (χ1v) is 6.42. The first kappa shape index (κ1) is 14.0. The second kappa shape index (κ2) is 5.32. The number of hydrogen-bond acceptors (Lipinski definition) is 3. The van der Waals surface area contributed by atoms with E-state index in [0.717, 1.165) is 5.56 Å². The van der Waals surface area contributed by atoms with Crippen LogP contribution in [0.15, 0.2) is 35.4 Å². The summed E-state index contributed by atoms with van der Waals surface area (Å²) < 4.78 is 3.19. The van der Waals surface area contributed by atoms with Gasteiger partial charge in [-0.25, -0.2) is 4.79 Å². The molecule has 2 rings (SSSR count). The van der Waals surface area contributed by atoms with Crippen LogP contribution in [-0.2, 0) is 6.54 Å². The van der Waals surface area contributed by atoms with Crippen LogP contribution in [-0.4, -0.2) is 14.1 Å². The molecule has 1 aromatic carbocycles. The minimum Gasteiger partial charge on any atom is -0.297 e. The molecule has 0 aliphatic carbocycles. The molecule has 2 aromatic rings. The second-order valence-electron chi connectivity index (χ2n) is 5.03. The van der Waals surface area contributed by atoms with E-state index in [0.29, 0.717) is 12.1 Å². The molecule has 6 nitrogen and oxygen atoms in total. The predicted molar refractivity (Wildman–Crippen MR) is 76.0 cm³/mol. The molecule has 20 heavy (non-hydrogen) atoms. The molecular formula is C14H17N3O3. The fourth-order valence-electron chi connectivity index (χ4n) is 2.16. The van der Waals surface area contributed by atoms with Gasteiger partial charge in [0.05, 0.1) is 11.5 Å². The van der Waals surface area contributed by atoms with Gasteiger partial charge in [0.2, 0.25) is 0 Å². The average molecular weight is 275 g/mol. The summed E-state index contributed by atoms with van der Waals surface area (Å²) in [5.41, 5.74) is 1.36. The Morgan fingerprint density at radius 2 is 2.00 bits per heavy atom. The Morgan fingerprint density at radius 1 is 1.30 bits per heavy atom. The number of benzene rings is 1. The predicted octanol–water partition coefficient (Wildman–Crippen LogP) is 2.50. The smallest absolute Gasteiger partial charge is 0.297 e. The summed E-state index contributed by atoms with van der Waals surface area (Å²) in [6, 6.07) is 5.02. The number of nitro benzene ring substituents is 1. The van der Waals surface area contributed by atoms with E-state index >= 15 is 0 Å². The SMILES string of the molecule is Cc1c(Cn2ccn(C(C)C)c2=O)cccc1[N+](=O)[O-]. The van der Waals surface area contributed by atoms with Crippen LogP contribution in [0, 0.1) is 17.0 Å². The number of nitro groups is 1. The maximum atomic E-state index is 12.1. The molecule has 0 spiro atoms. The molecule has 0 aliphatic rings. The fraction of sp³-hybridized carbons (Fsp3) is 0.357. The van der Waals surface area contributed by atoms with Crippen molar-refractivity contribution in [1.29, 1.82) is 0 Å². The van der Waals surface area contributed by atoms with E-state index in [2.05, 4.69) is 0 Å². The van der Waals surface area contributed by atoms with Crippen molar-refractivity contribution in [3.63, 3.8) is 0 Å². The van der Waals surface area contributed by atoms with Crippen LogP contribution in [0.3, 0.4) is 0 Å². The van der Waals surface area contributed by atoms with Gasteiger partial charge in [-0.15, -0.1) is 0 Å². The van der Waals surface area contributed by atoms with Gasteiger partial charge in [-0.1, -0.05) is 12.1 Å². The highest BCUT2D eigenvalue weighted by atomic mass is 16.6. The molecule has 6 heteroatoms. The summed E-state index contributed by atoms with van der Waals surface area (Å²) in [5.74, 6) is 0. The Bertz CT molecular complexity index is 698. The number of aromatic nitrogens is 2. The lowest BCUT2D eigenvalue weighted by molar-refractivity contribution is -0.385. The van der Waals surface area contributed by atoms with E-state index in [4.69, 9.17) is 0 Å². The Kier molecular flexibility index (Phi) is 3.74. The maximum Gasteiger partial charge on any atom is 0.328 e. The van der Waals surface area contributed by atoms with E-state index in [9.17, 15) is 14.9 Å². The molecule has 0 N–H and O–H groups in total. The quantitative estimate of drug-likeness (QED) is 0.635. The van der Waals surface area contributed by atoms with E-state index in [1.165, 1.54) is 6.07 Å². The summed E-state index contributed by atoms with van der Waals surface area (Å²) >= 11 is 0. The Balaban J connectivity index is 2.39. The van der Waals surface area contributed by atoms with Gasteiger partial charge in [-0.3, -0.25) is 19.2 Å².